The summed E-state index contributed by atoms with van der Waals surface area (Å²) >= 11 is 0. The molecule has 174 valence electrons. The third-order valence-electron chi connectivity index (χ3n) is 5.78. The molecule has 10 nitrogen and oxygen atoms in total. The Labute approximate surface area is 193 Å². The van der Waals surface area contributed by atoms with E-state index in [9.17, 15) is 28.8 Å². The van der Waals surface area contributed by atoms with Crippen molar-refractivity contribution >= 4 is 35.5 Å². The number of carboxylic acid groups (broad SMARTS) is 1. The lowest BCUT2D eigenvalue weighted by molar-refractivity contribution is -0.145. The van der Waals surface area contributed by atoms with Gasteiger partial charge in [0.2, 0.25) is 17.7 Å². The Kier molecular flexibility index (Phi) is 6.22. The smallest absolute Gasteiger partial charge is 0.307 e. The molecule has 34 heavy (non-hydrogen) atoms. The summed E-state index contributed by atoms with van der Waals surface area (Å²) in [6.07, 6.45) is -0.215. The van der Waals surface area contributed by atoms with Gasteiger partial charge in [-0.3, -0.25) is 39.0 Å². The van der Waals surface area contributed by atoms with Crippen LogP contribution in [0.1, 0.15) is 45.9 Å². The second kappa shape index (κ2) is 9.26. The van der Waals surface area contributed by atoms with E-state index in [0.29, 0.717) is 16.7 Å². The molecule has 0 bridgehead atoms. The van der Waals surface area contributed by atoms with Gasteiger partial charge in [0.25, 0.3) is 11.8 Å². The number of hydrogen-bond donors (Lipinski definition) is 3. The van der Waals surface area contributed by atoms with E-state index in [0.717, 1.165) is 4.90 Å². The number of aliphatic carboxylic acids is 1. The van der Waals surface area contributed by atoms with Crippen molar-refractivity contribution in [3.05, 3.63) is 70.8 Å². The maximum absolute atomic E-state index is 13.3. The Morgan fingerprint density at radius 3 is 2.26 bits per heavy atom. The fraction of sp³-hybridized carbons (Fsp3) is 0.250. The number of hydrogen-bond acceptors (Lipinski definition) is 6. The lowest BCUT2D eigenvalue weighted by Crippen LogP contribution is -2.60. The van der Waals surface area contributed by atoms with Gasteiger partial charge < -0.3 is 10.4 Å². The number of amides is 5. The minimum Gasteiger partial charge on any atom is -0.481 e. The first kappa shape index (κ1) is 22.8. The van der Waals surface area contributed by atoms with Gasteiger partial charge in [-0.25, -0.2) is 0 Å². The fourth-order valence-electron chi connectivity index (χ4n) is 4.16. The Hall–Kier alpha value is -4.34. The average molecular weight is 463 g/mol. The summed E-state index contributed by atoms with van der Waals surface area (Å²) in [5.41, 5.74) is 1.72. The first-order chi connectivity index (χ1) is 16.2. The number of carbonyl (C=O) groups is 6. The number of rotatable bonds is 6. The van der Waals surface area contributed by atoms with Gasteiger partial charge in [0.1, 0.15) is 12.1 Å². The fourth-order valence-corrected chi connectivity index (χ4v) is 4.16. The highest BCUT2D eigenvalue weighted by molar-refractivity contribution is 6.15. The molecule has 2 unspecified atom stereocenters. The quantitative estimate of drug-likeness (QED) is 0.528. The standard InChI is InChI=1S/C24H21N3O7/c28-18-10-9-17(22(32)26-18)27-23(33)16-4-2-1-3-15(16)21(24(27)34)25-19(29)11-13-5-7-14(8-6-13)12-20(30)31/h1-8,17,21H,9-12H2,(H,25,29)(H,30,31)(H,26,28,32). The van der Waals surface area contributed by atoms with E-state index in [1.807, 2.05) is 0 Å². The maximum Gasteiger partial charge on any atom is 0.307 e. The molecule has 10 heteroatoms. The highest BCUT2D eigenvalue weighted by Gasteiger charge is 2.46. The van der Waals surface area contributed by atoms with Crippen molar-refractivity contribution in [3.63, 3.8) is 0 Å². The van der Waals surface area contributed by atoms with Crippen LogP contribution in [0.5, 0.6) is 0 Å². The van der Waals surface area contributed by atoms with Crippen LogP contribution in [0.3, 0.4) is 0 Å². The monoisotopic (exact) mass is 463 g/mol. The van der Waals surface area contributed by atoms with Crippen LogP contribution in [0.2, 0.25) is 0 Å². The van der Waals surface area contributed by atoms with Crippen LogP contribution < -0.4 is 10.6 Å². The Bertz CT molecular complexity index is 1210. The molecule has 2 aliphatic rings. The van der Waals surface area contributed by atoms with E-state index in [1.54, 1.807) is 42.5 Å². The summed E-state index contributed by atoms with van der Waals surface area (Å²) < 4.78 is 0. The minimum atomic E-state index is -1.18. The van der Waals surface area contributed by atoms with E-state index in [4.69, 9.17) is 5.11 Å². The van der Waals surface area contributed by atoms with Crippen LogP contribution in [0.25, 0.3) is 0 Å². The third-order valence-corrected chi connectivity index (χ3v) is 5.78. The number of nitrogens with one attached hydrogen (secondary N) is 2. The molecule has 2 aliphatic heterocycles. The lowest BCUT2D eigenvalue weighted by Gasteiger charge is -2.38. The zero-order chi connectivity index (χ0) is 24.4. The zero-order valence-electron chi connectivity index (χ0n) is 17.9. The molecule has 0 aliphatic carbocycles. The molecule has 2 aromatic carbocycles. The van der Waals surface area contributed by atoms with E-state index in [-0.39, 0.29) is 31.2 Å². The molecule has 5 amide bonds. The second-order valence-electron chi connectivity index (χ2n) is 8.13. The SMILES string of the molecule is O=C(O)Cc1ccc(CC(=O)NC2C(=O)N(C3CCC(=O)NC3=O)C(=O)c3ccccc32)cc1. The van der Waals surface area contributed by atoms with Gasteiger partial charge in [-0.05, 0) is 29.2 Å². The Morgan fingerprint density at radius 2 is 1.62 bits per heavy atom. The maximum atomic E-state index is 13.3. The van der Waals surface area contributed by atoms with E-state index in [1.165, 1.54) is 6.07 Å². The number of carboxylic acids is 1. The predicted octanol–water partition coefficient (Wildman–Crippen LogP) is 0.501. The molecule has 2 aromatic rings. The van der Waals surface area contributed by atoms with Gasteiger partial charge in [0.05, 0.1) is 12.8 Å². The van der Waals surface area contributed by atoms with Crippen LogP contribution in [0, 0.1) is 0 Å². The summed E-state index contributed by atoms with van der Waals surface area (Å²) in [5.74, 6) is -4.06. The van der Waals surface area contributed by atoms with Gasteiger partial charge in [-0.1, -0.05) is 42.5 Å². The van der Waals surface area contributed by atoms with Crippen molar-refractivity contribution in [2.24, 2.45) is 0 Å². The van der Waals surface area contributed by atoms with E-state index < -0.39 is 47.6 Å². The zero-order valence-corrected chi connectivity index (χ0v) is 17.9. The van der Waals surface area contributed by atoms with Crippen molar-refractivity contribution in [2.75, 3.05) is 0 Å². The Morgan fingerprint density at radius 1 is 0.971 bits per heavy atom. The summed E-state index contributed by atoms with van der Waals surface area (Å²) in [5, 5.41) is 13.7. The number of piperidine rings is 1. The van der Waals surface area contributed by atoms with Crippen molar-refractivity contribution in [1.82, 2.24) is 15.5 Å². The molecule has 3 N–H and O–H groups in total. The average Bonchev–Trinajstić information content (AvgIpc) is 2.79. The van der Waals surface area contributed by atoms with Gasteiger partial charge >= 0.3 is 5.97 Å². The molecule has 4 rings (SSSR count). The summed E-state index contributed by atoms with van der Waals surface area (Å²) in [4.78, 5) is 74.7. The first-order valence-electron chi connectivity index (χ1n) is 10.6. The molecule has 0 radical (unpaired) electrons. The molecule has 2 atom stereocenters. The van der Waals surface area contributed by atoms with Crippen molar-refractivity contribution in [1.29, 1.82) is 0 Å². The topological polar surface area (TPSA) is 150 Å². The molecule has 0 spiro atoms. The molecular weight excluding hydrogens is 442 g/mol. The molecule has 1 fully saturated rings. The highest BCUT2D eigenvalue weighted by Crippen LogP contribution is 2.30. The van der Waals surface area contributed by atoms with Crippen molar-refractivity contribution in [3.8, 4) is 0 Å². The number of nitrogens with zero attached hydrogens (tertiary/aromatic N) is 1. The molecule has 2 heterocycles. The van der Waals surface area contributed by atoms with Crippen LogP contribution in [-0.4, -0.2) is 51.6 Å². The second-order valence-corrected chi connectivity index (χ2v) is 8.13. The van der Waals surface area contributed by atoms with Crippen LogP contribution in [0.15, 0.2) is 48.5 Å². The van der Waals surface area contributed by atoms with Crippen molar-refractivity contribution < 1.29 is 33.9 Å². The minimum absolute atomic E-state index is 0.00761. The van der Waals surface area contributed by atoms with Gasteiger partial charge in [0, 0.05) is 12.0 Å². The number of fused-ring (bicyclic) bond motifs is 1. The van der Waals surface area contributed by atoms with Crippen LogP contribution in [0.4, 0.5) is 0 Å². The summed E-state index contributed by atoms with van der Waals surface area (Å²) in [7, 11) is 0. The molecule has 0 saturated carbocycles. The summed E-state index contributed by atoms with van der Waals surface area (Å²) in [6.45, 7) is 0. The first-order valence-corrected chi connectivity index (χ1v) is 10.6. The van der Waals surface area contributed by atoms with Gasteiger partial charge in [-0.15, -0.1) is 0 Å². The van der Waals surface area contributed by atoms with Gasteiger partial charge in [0.15, 0.2) is 0 Å². The number of benzene rings is 2. The van der Waals surface area contributed by atoms with Crippen molar-refractivity contribution in [2.45, 2.75) is 37.8 Å². The van der Waals surface area contributed by atoms with Gasteiger partial charge in [-0.2, -0.15) is 0 Å². The molecule has 1 saturated heterocycles. The van der Waals surface area contributed by atoms with E-state index in [2.05, 4.69) is 10.6 Å². The third kappa shape index (κ3) is 4.56. The van der Waals surface area contributed by atoms with Crippen LogP contribution in [-0.2, 0) is 36.8 Å². The number of carbonyl (C=O) groups excluding carboxylic acids is 5. The number of imide groups is 2. The van der Waals surface area contributed by atoms with E-state index >= 15 is 0 Å². The summed E-state index contributed by atoms with van der Waals surface area (Å²) in [6, 6.07) is 10.5. The lowest BCUT2D eigenvalue weighted by atomic mass is 9.91. The highest BCUT2D eigenvalue weighted by atomic mass is 16.4. The largest absolute Gasteiger partial charge is 0.481 e. The Balaban J connectivity index is 1.56. The normalized spacial score (nSPS) is 19.9. The molecule has 0 aromatic heterocycles. The van der Waals surface area contributed by atoms with Crippen LogP contribution >= 0.6 is 0 Å². The predicted molar refractivity (Wildman–Crippen MR) is 116 cm³/mol. The molecular formula is C24H21N3O7.